The van der Waals surface area contributed by atoms with Crippen LogP contribution in [0.25, 0.3) is 0 Å². The second-order valence-electron chi connectivity index (χ2n) is 1.44. The first kappa shape index (κ1) is 4.94. The van der Waals surface area contributed by atoms with E-state index in [4.69, 9.17) is 5.73 Å². The Bertz CT molecular complexity index is 117. The number of hydrogen-bond acceptors (Lipinski definition) is 2. The Morgan fingerprint density at radius 2 is 2.57 bits per heavy atom. The van der Waals surface area contributed by atoms with Gasteiger partial charge in [-0.3, -0.25) is 0 Å². The van der Waals surface area contributed by atoms with E-state index in [9.17, 15) is 0 Å². The highest BCUT2D eigenvalue weighted by Crippen LogP contribution is 2.24. The third-order valence-corrected chi connectivity index (χ3v) is 1.75. The monoisotopic (exact) mass is 113 g/mol. The van der Waals surface area contributed by atoms with Crippen LogP contribution in [0.3, 0.4) is 0 Å². The summed E-state index contributed by atoms with van der Waals surface area (Å²) in [6.45, 7) is 3.71. The maximum Gasteiger partial charge on any atom is 0.0546 e. The first-order valence-corrected chi connectivity index (χ1v) is 2.96. The fourth-order valence-corrected chi connectivity index (χ4v) is 1.06. The molecule has 7 heavy (non-hydrogen) atoms. The molecule has 0 fully saturated rings. The van der Waals surface area contributed by atoms with Gasteiger partial charge in [0.15, 0.2) is 0 Å². The van der Waals surface area contributed by atoms with Crippen LogP contribution in [0, 0.1) is 0 Å². The average Bonchev–Trinajstić information content (AvgIpc) is 1.91. The zero-order valence-corrected chi connectivity index (χ0v) is 4.74. The molecule has 1 aliphatic rings. The maximum absolute atomic E-state index is 5.47. The fourth-order valence-electron chi connectivity index (χ4n) is 0.397. The molecular formula is C5H7NS. The molecular weight excluding hydrogens is 106 g/mol. The summed E-state index contributed by atoms with van der Waals surface area (Å²) in [4.78, 5) is 1.04. The smallest absolute Gasteiger partial charge is 0.0546 e. The van der Waals surface area contributed by atoms with Crippen LogP contribution in [0.15, 0.2) is 23.0 Å². The molecule has 1 nitrogen and oxygen atoms in total. The lowest BCUT2D eigenvalue weighted by Gasteiger charge is -1.96. The van der Waals surface area contributed by atoms with Crippen LogP contribution in [0.4, 0.5) is 0 Å². The molecule has 2 N–H and O–H groups in total. The van der Waals surface area contributed by atoms with Crippen molar-refractivity contribution >= 4 is 11.8 Å². The van der Waals surface area contributed by atoms with Crippen LogP contribution in [-0.2, 0) is 0 Å². The van der Waals surface area contributed by atoms with Gasteiger partial charge in [0.25, 0.3) is 0 Å². The molecule has 1 heterocycles. The Morgan fingerprint density at radius 3 is 2.71 bits per heavy atom. The molecule has 1 atom stereocenters. The number of hydrogen-bond donors (Lipinski definition) is 1. The molecule has 0 saturated heterocycles. The Hall–Kier alpha value is -0.210. The van der Waals surface area contributed by atoms with Crippen molar-refractivity contribution < 1.29 is 0 Å². The van der Waals surface area contributed by atoms with Gasteiger partial charge in [-0.1, -0.05) is 12.7 Å². The van der Waals surface area contributed by atoms with Gasteiger partial charge in [0.05, 0.1) is 6.04 Å². The topological polar surface area (TPSA) is 26.0 Å². The van der Waals surface area contributed by atoms with E-state index in [1.807, 2.05) is 11.5 Å². The minimum Gasteiger partial charge on any atom is -0.320 e. The van der Waals surface area contributed by atoms with Crippen molar-refractivity contribution in [1.29, 1.82) is 0 Å². The second kappa shape index (κ2) is 1.72. The standard InChI is InChI=1S/C5H7NS/c1-4-5(6)2-3-7-4/h2-3,5H,1,6H2. The van der Waals surface area contributed by atoms with E-state index in [-0.39, 0.29) is 6.04 Å². The van der Waals surface area contributed by atoms with E-state index >= 15 is 0 Å². The Balaban J connectivity index is 2.62. The van der Waals surface area contributed by atoms with E-state index in [1.54, 1.807) is 11.8 Å². The van der Waals surface area contributed by atoms with Crippen LogP contribution < -0.4 is 5.73 Å². The molecule has 0 bridgehead atoms. The molecule has 1 rings (SSSR count). The van der Waals surface area contributed by atoms with Crippen LogP contribution >= 0.6 is 11.8 Å². The fraction of sp³-hybridized carbons (Fsp3) is 0.200. The van der Waals surface area contributed by atoms with E-state index in [0.29, 0.717) is 0 Å². The van der Waals surface area contributed by atoms with Crippen LogP contribution in [0.2, 0.25) is 0 Å². The summed E-state index contributed by atoms with van der Waals surface area (Å²) in [7, 11) is 0. The van der Waals surface area contributed by atoms with Crippen molar-refractivity contribution in [3.05, 3.63) is 23.0 Å². The molecule has 0 radical (unpaired) electrons. The summed E-state index contributed by atoms with van der Waals surface area (Å²) in [5, 5.41) is 1.97. The molecule has 0 aromatic carbocycles. The summed E-state index contributed by atoms with van der Waals surface area (Å²) in [6.07, 6.45) is 1.94. The van der Waals surface area contributed by atoms with Crippen molar-refractivity contribution in [1.82, 2.24) is 0 Å². The lowest BCUT2D eigenvalue weighted by atomic mass is 10.3. The first-order valence-electron chi connectivity index (χ1n) is 2.08. The molecule has 1 aliphatic heterocycles. The van der Waals surface area contributed by atoms with Gasteiger partial charge in [0.1, 0.15) is 0 Å². The normalized spacial score (nSPS) is 29.3. The van der Waals surface area contributed by atoms with Crippen LogP contribution in [0.1, 0.15) is 0 Å². The molecule has 0 aliphatic carbocycles. The van der Waals surface area contributed by atoms with Crippen LogP contribution in [0.5, 0.6) is 0 Å². The van der Waals surface area contributed by atoms with Gasteiger partial charge >= 0.3 is 0 Å². The minimum absolute atomic E-state index is 0.102. The maximum atomic E-state index is 5.47. The van der Waals surface area contributed by atoms with Gasteiger partial charge in [-0.2, -0.15) is 0 Å². The van der Waals surface area contributed by atoms with Crippen molar-refractivity contribution in [2.75, 3.05) is 0 Å². The second-order valence-corrected chi connectivity index (χ2v) is 2.47. The molecule has 38 valence electrons. The van der Waals surface area contributed by atoms with Gasteiger partial charge in [0, 0.05) is 4.91 Å². The Kier molecular flexibility index (Phi) is 1.21. The molecule has 0 aromatic heterocycles. The summed E-state index contributed by atoms with van der Waals surface area (Å²) in [5.41, 5.74) is 5.47. The van der Waals surface area contributed by atoms with E-state index < -0.39 is 0 Å². The van der Waals surface area contributed by atoms with E-state index in [2.05, 4.69) is 6.58 Å². The molecule has 0 saturated carbocycles. The number of rotatable bonds is 0. The van der Waals surface area contributed by atoms with Crippen molar-refractivity contribution in [3.8, 4) is 0 Å². The Morgan fingerprint density at radius 1 is 1.86 bits per heavy atom. The van der Waals surface area contributed by atoms with Crippen LogP contribution in [-0.4, -0.2) is 6.04 Å². The number of nitrogens with two attached hydrogens (primary N) is 1. The van der Waals surface area contributed by atoms with Gasteiger partial charge in [0.2, 0.25) is 0 Å². The summed E-state index contributed by atoms with van der Waals surface area (Å²) < 4.78 is 0. The first-order chi connectivity index (χ1) is 3.30. The highest BCUT2D eigenvalue weighted by Gasteiger charge is 2.06. The zero-order valence-electron chi connectivity index (χ0n) is 3.92. The highest BCUT2D eigenvalue weighted by atomic mass is 32.2. The van der Waals surface area contributed by atoms with Crippen molar-refractivity contribution in [2.45, 2.75) is 6.04 Å². The van der Waals surface area contributed by atoms with Crippen molar-refractivity contribution in [2.24, 2.45) is 5.73 Å². The minimum atomic E-state index is 0.102. The van der Waals surface area contributed by atoms with Gasteiger partial charge in [-0.25, -0.2) is 0 Å². The van der Waals surface area contributed by atoms with E-state index in [0.717, 1.165) is 4.91 Å². The zero-order chi connectivity index (χ0) is 5.28. The predicted octanol–water partition coefficient (Wildman–Crippen LogP) is 1.09. The average molecular weight is 113 g/mol. The van der Waals surface area contributed by atoms with Gasteiger partial charge in [-0.05, 0) is 5.41 Å². The third-order valence-electron chi connectivity index (χ3n) is 0.877. The summed E-state index contributed by atoms with van der Waals surface area (Å²) in [6, 6.07) is 0.102. The summed E-state index contributed by atoms with van der Waals surface area (Å²) in [5.74, 6) is 0. The molecule has 0 aromatic rings. The summed E-state index contributed by atoms with van der Waals surface area (Å²) >= 11 is 1.61. The SMILES string of the molecule is C=C1SC=CC1N. The largest absolute Gasteiger partial charge is 0.320 e. The third kappa shape index (κ3) is 0.868. The molecule has 1 unspecified atom stereocenters. The molecule has 0 amide bonds. The lowest BCUT2D eigenvalue weighted by Crippen LogP contribution is -2.13. The molecule has 0 spiro atoms. The van der Waals surface area contributed by atoms with Gasteiger partial charge in [-0.15, -0.1) is 11.8 Å². The van der Waals surface area contributed by atoms with Gasteiger partial charge < -0.3 is 5.73 Å². The quantitative estimate of drug-likeness (QED) is 0.509. The molecule has 2 heteroatoms. The number of thioether (sulfide) groups is 1. The Labute approximate surface area is 47.3 Å². The highest BCUT2D eigenvalue weighted by molar-refractivity contribution is 8.06. The predicted molar refractivity (Wildman–Crippen MR) is 33.8 cm³/mol. The van der Waals surface area contributed by atoms with Crippen molar-refractivity contribution in [3.63, 3.8) is 0 Å². The lowest BCUT2D eigenvalue weighted by molar-refractivity contribution is 1.03. The van der Waals surface area contributed by atoms with E-state index in [1.165, 1.54) is 0 Å².